The molecule has 1 N–H and O–H groups in total. The van der Waals surface area contributed by atoms with E-state index in [-0.39, 0.29) is 0 Å². The van der Waals surface area contributed by atoms with Gasteiger partial charge in [-0.1, -0.05) is 25.3 Å². The van der Waals surface area contributed by atoms with E-state index in [0.717, 1.165) is 22.7 Å². The number of hydrogen-bond donors (Lipinski definition) is 1. The highest BCUT2D eigenvalue weighted by Crippen LogP contribution is 2.28. The third kappa shape index (κ3) is 3.04. The summed E-state index contributed by atoms with van der Waals surface area (Å²) in [7, 11) is 0. The summed E-state index contributed by atoms with van der Waals surface area (Å²) in [5, 5.41) is 12.7. The van der Waals surface area contributed by atoms with Crippen molar-refractivity contribution in [3.05, 3.63) is 29.3 Å². The summed E-state index contributed by atoms with van der Waals surface area (Å²) < 4.78 is 0. The summed E-state index contributed by atoms with van der Waals surface area (Å²) in [6, 6.07) is 8.80. The molecule has 1 fully saturated rings. The fourth-order valence-electron chi connectivity index (χ4n) is 2.87. The van der Waals surface area contributed by atoms with Crippen LogP contribution >= 0.6 is 0 Å². The number of rotatable bonds is 3. The van der Waals surface area contributed by atoms with E-state index in [4.69, 9.17) is 0 Å². The zero-order valence-electron chi connectivity index (χ0n) is 11.4. The van der Waals surface area contributed by atoms with Gasteiger partial charge in [-0.15, -0.1) is 0 Å². The Morgan fingerprint density at radius 3 is 2.67 bits per heavy atom. The minimum atomic E-state index is 0.458. The molecule has 0 aliphatic heterocycles. The van der Waals surface area contributed by atoms with Gasteiger partial charge >= 0.3 is 0 Å². The van der Waals surface area contributed by atoms with Crippen LogP contribution in [0.25, 0.3) is 0 Å². The van der Waals surface area contributed by atoms with Crippen molar-refractivity contribution in [2.45, 2.75) is 52.0 Å². The number of nitrogens with zero attached hydrogens (tertiary/aromatic N) is 1. The molecule has 1 aromatic carbocycles. The van der Waals surface area contributed by atoms with E-state index < -0.39 is 0 Å². The number of anilines is 1. The second-order valence-corrected chi connectivity index (χ2v) is 5.49. The van der Waals surface area contributed by atoms with Crippen molar-refractivity contribution in [1.82, 2.24) is 0 Å². The van der Waals surface area contributed by atoms with Crippen LogP contribution in [0, 0.1) is 24.2 Å². The van der Waals surface area contributed by atoms with E-state index in [1.54, 1.807) is 0 Å². The molecule has 1 atom stereocenters. The third-order valence-corrected chi connectivity index (χ3v) is 4.04. The first-order chi connectivity index (χ1) is 8.70. The van der Waals surface area contributed by atoms with E-state index in [2.05, 4.69) is 24.4 Å². The largest absolute Gasteiger partial charge is 0.381 e. The van der Waals surface area contributed by atoms with Gasteiger partial charge in [0.15, 0.2) is 0 Å². The van der Waals surface area contributed by atoms with Crippen molar-refractivity contribution in [1.29, 1.82) is 5.26 Å². The maximum absolute atomic E-state index is 9.18. The molecule has 1 aliphatic carbocycles. The maximum atomic E-state index is 9.18. The predicted octanol–water partition coefficient (Wildman–Crippen LogP) is 4.25. The standard InChI is InChI=1S/C16H22N2/c1-12-8-9-16(15(10-12)11-17)18-13(2)14-6-4-3-5-7-14/h8-10,13-14,18H,3-7H2,1-2H3. The molecular formula is C16H22N2. The van der Waals surface area contributed by atoms with Crippen LogP contribution in [0.1, 0.15) is 50.2 Å². The molecule has 2 nitrogen and oxygen atoms in total. The van der Waals surface area contributed by atoms with Crippen molar-refractivity contribution < 1.29 is 0 Å². The Bertz CT molecular complexity index is 439. The molecule has 2 heteroatoms. The van der Waals surface area contributed by atoms with E-state index in [1.165, 1.54) is 32.1 Å². The van der Waals surface area contributed by atoms with Crippen LogP contribution in [0.3, 0.4) is 0 Å². The molecule has 0 radical (unpaired) electrons. The molecule has 0 aromatic heterocycles. The van der Waals surface area contributed by atoms with Crippen molar-refractivity contribution in [3.63, 3.8) is 0 Å². The summed E-state index contributed by atoms with van der Waals surface area (Å²) in [5.74, 6) is 0.756. The van der Waals surface area contributed by atoms with Crippen molar-refractivity contribution in [3.8, 4) is 6.07 Å². The predicted molar refractivity (Wildman–Crippen MR) is 75.6 cm³/mol. The first kappa shape index (κ1) is 13.0. The van der Waals surface area contributed by atoms with Gasteiger partial charge < -0.3 is 5.32 Å². The van der Waals surface area contributed by atoms with Crippen LogP contribution < -0.4 is 5.32 Å². The van der Waals surface area contributed by atoms with E-state index >= 15 is 0 Å². The van der Waals surface area contributed by atoms with Crippen LogP contribution in [0.4, 0.5) is 5.69 Å². The van der Waals surface area contributed by atoms with Gasteiger partial charge in [0.05, 0.1) is 11.3 Å². The lowest BCUT2D eigenvalue weighted by atomic mass is 9.84. The second kappa shape index (κ2) is 5.91. The lowest BCUT2D eigenvalue weighted by Crippen LogP contribution is -2.28. The summed E-state index contributed by atoms with van der Waals surface area (Å²) >= 11 is 0. The molecule has 1 aromatic rings. The van der Waals surface area contributed by atoms with Gasteiger partial charge in [0.2, 0.25) is 0 Å². The Labute approximate surface area is 110 Å². The smallest absolute Gasteiger partial charge is 0.101 e. The van der Waals surface area contributed by atoms with Crippen LogP contribution in [0.5, 0.6) is 0 Å². The molecule has 0 saturated heterocycles. The highest BCUT2D eigenvalue weighted by molar-refractivity contribution is 5.59. The maximum Gasteiger partial charge on any atom is 0.101 e. The number of benzene rings is 1. The second-order valence-electron chi connectivity index (χ2n) is 5.49. The van der Waals surface area contributed by atoms with E-state index in [1.807, 2.05) is 19.1 Å². The number of nitriles is 1. The van der Waals surface area contributed by atoms with Gasteiger partial charge in [0.25, 0.3) is 0 Å². The molecule has 2 rings (SSSR count). The molecule has 1 saturated carbocycles. The molecule has 0 spiro atoms. The monoisotopic (exact) mass is 242 g/mol. The Balaban J connectivity index is 2.06. The van der Waals surface area contributed by atoms with Crippen molar-refractivity contribution in [2.75, 3.05) is 5.32 Å². The lowest BCUT2D eigenvalue weighted by Gasteiger charge is -2.29. The number of hydrogen-bond acceptors (Lipinski definition) is 2. The summed E-state index contributed by atoms with van der Waals surface area (Å²) in [6.07, 6.45) is 6.74. The third-order valence-electron chi connectivity index (χ3n) is 4.04. The van der Waals surface area contributed by atoms with E-state index in [9.17, 15) is 5.26 Å². The normalized spacial score (nSPS) is 18.1. The number of aryl methyl sites for hydroxylation is 1. The summed E-state index contributed by atoms with van der Waals surface area (Å²) in [5.41, 5.74) is 2.89. The SMILES string of the molecule is Cc1ccc(NC(C)C2CCCCC2)c(C#N)c1. The molecule has 1 unspecified atom stereocenters. The quantitative estimate of drug-likeness (QED) is 0.860. The molecule has 0 heterocycles. The Hall–Kier alpha value is -1.49. The zero-order valence-corrected chi connectivity index (χ0v) is 11.4. The van der Waals surface area contributed by atoms with Crippen LogP contribution in [0.15, 0.2) is 18.2 Å². The average Bonchev–Trinajstić information content (AvgIpc) is 2.41. The molecule has 96 valence electrons. The first-order valence-electron chi connectivity index (χ1n) is 6.98. The number of nitrogens with one attached hydrogen (secondary N) is 1. The van der Waals surface area contributed by atoms with Gasteiger partial charge in [-0.05, 0) is 50.3 Å². The molecule has 0 bridgehead atoms. The Morgan fingerprint density at radius 2 is 2.00 bits per heavy atom. The average molecular weight is 242 g/mol. The van der Waals surface area contributed by atoms with Gasteiger partial charge in [0, 0.05) is 6.04 Å². The van der Waals surface area contributed by atoms with Gasteiger partial charge in [0.1, 0.15) is 6.07 Å². The Kier molecular flexibility index (Phi) is 4.25. The van der Waals surface area contributed by atoms with E-state index in [0.29, 0.717) is 6.04 Å². The van der Waals surface area contributed by atoms with Gasteiger partial charge in [-0.3, -0.25) is 0 Å². The zero-order chi connectivity index (χ0) is 13.0. The molecule has 18 heavy (non-hydrogen) atoms. The molecular weight excluding hydrogens is 220 g/mol. The fraction of sp³-hybridized carbons (Fsp3) is 0.562. The fourth-order valence-corrected chi connectivity index (χ4v) is 2.87. The molecule has 1 aliphatic rings. The van der Waals surface area contributed by atoms with Crippen molar-refractivity contribution in [2.24, 2.45) is 5.92 Å². The van der Waals surface area contributed by atoms with Crippen LogP contribution in [-0.4, -0.2) is 6.04 Å². The Morgan fingerprint density at radius 1 is 1.28 bits per heavy atom. The van der Waals surface area contributed by atoms with Gasteiger partial charge in [-0.25, -0.2) is 0 Å². The van der Waals surface area contributed by atoms with Crippen molar-refractivity contribution >= 4 is 5.69 Å². The summed E-state index contributed by atoms with van der Waals surface area (Å²) in [4.78, 5) is 0. The minimum Gasteiger partial charge on any atom is -0.381 e. The minimum absolute atomic E-state index is 0.458. The first-order valence-corrected chi connectivity index (χ1v) is 6.98. The summed E-state index contributed by atoms with van der Waals surface area (Å²) in [6.45, 7) is 4.27. The van der Waals surface area contributed by atoms with Gasteiger partial charge in [-0.2, -0.15) is 5.26 Å². The lowest BCUT2D eigenvalue weighted by molar-refractivity contribution is 0.328. The van der Waals surface area contributed by atoms with Crippen LogP contribution in [0.2, 0.25) is 0 Å². The topological polar surface area (TPSA) is 35.8 Å². The molecule has 0 amide bonds. The highest BCUT2D eigenvalue weighted by atomic mass is 14.9. The van der Waals surface area contributed by atoms with Crippen LogP contribution in [-0.2, 0) is 0 Å². The highest BCUT2D eigenvalue weighted by Gasteiger charge is 2.20.